The minimum atomic E-state index is 0.0109. The van der Waals surface area contributed by atoms with Crippen LogP contribution in [-0.4, -0.2) is 67.1 Å². The smallest absolute Gasteiger partial charge is 0.237 e. The molecule has 0 radical (unpaired) electrons. The Bertz CT molecular complexity index is 309. The molecular weight excluding hydrogens is 264 g/mol. The van der Waals surface area contributed by atoms with Gasteiger partial charge in [-0.1, -0.05) is 12.8 Å². The number of carbonyl (C=O) groups excluding carboxylic acids is 1. The van der Waals surface area contributed by atoms with Crippen LogP contribution in [0.3, 0.4) is 0 Å². The van der Waals surface area contributed by atoms with Crippen LogP contribution < -0.4 is 11.1 Å². The van der Waals surface area contributed by atoms with Gasteiger partial charge in [-0.3, -0.25) is 9.69 Å². The normalized spacial score (nSPS) is 23.3. The van der Waals surface area contributed by atoms with Crippen LogP contribution in [0.2, 0.25) is 0 Å². The lowest BCUT2D eigenvalue weighted by molar-refractivity contribution is -0.127. The van der Waals surface area contributed by atoms with E-state index in [9.17, 15) is 4.79 Å². The van der Waals surface area contributed by atoms with Crippen LogP contribution in [0.4, 0.5) is 0 Å². The molecule has 0 aromatic carbocycles. The van der Waals surface area contributed by atoms with E-state index in [1.165, 1.54) is 19.3 Å². The van der Waals surface area contributed by atoms with E-state index in [4.69, 9.17) is 5.73 Å². The Morgan fingerprint density at radius 3 is 2.48 bits per heavy atom. The summed E-state index contributed by atoms with van der Waals surface area (Å²) in [6.07, 6.45) is 7.15. The Labute approximate surface area is 129 Å². The summed E-state index contributed by atoms with van der Waals surface area (Å²) in [5.74, 6) is 0.221. The van der Waals surface area contributed by atoms with Crippen molar-refractivity contribution < 1.29 is 4.79 Å². The highest BCUT2D eigenvalue weighted by Gasteiger charge is 2.27. The lowest BCUT2D eigenvalue weighted by Crippen LogP contribution is -2.54. The SMILES string of the molecule is CC(C(=O)NC1CCCC1)N1CCN(CCCCN)CC1. The average Bonchev–Trinajstić information content (AvgIpc) is 3.00. The van der Waals surface area contributed by atoms with Gasteiger partial charge in [-0.2, -0.15) is 0 Å². The monoisotopic (exact) mass is 296 g/mol. The fourth-order valence-electron chi connectivity index (χ4n) is 3.41. The number of amides is 1. The van der Waals surface area contributed by atoms with E-state index in [0.717, 1.165) is 58.5 Å². The molecule has 1 saturated heterocycles. The molecule has 1 unspecified atom stereocenters. The fourth-order valence-corrected chi connectivity index (χ4v) is 3.41. The third kappa shape index (κ3) is 5.24. The lowest BCUT2D eigenvalue weighted by atomic mass is 10.1. The predicted molar refractivity (Wildman–Crippen MR) is 86.2 cm³/mol. The second kappa shape index (κ2) is 8.71. The van der Waals surface area contributed by atoms with Crippen LogP contribution >= 0.6 is 0 Å². The van der Waals surface area contributed by atoms with Gasteiger partial charge >= 0.3 is 0 Å². The highest BCUT2D eigenvalue weighted by molar-refractivity contribution is 5.81. The van der Waals surface area contributed by atoms with Gasteiger partial charge in [0.1, 0.15) is 0 Å². The maximum atomic E-state index is 12.3. The van der Waals surface area contributed by atoms with Crippen LogP contribution in [0, 0.1) is 0 Å². The molecule has 1 aliphatic heterocycles. The summed E-state index contributed by atoms with van der Waals surface area (Å²) in [4.78, 5) is 17.1. The van der Waals surface area contributed by atoms with E-state index in [1.807, 2.05) is 6.92 Å². The van der Waals surface area contributed by atoms with Crippen LogP contribution in [0.25, 0.3) is 0 Å². The third-order valence-electron chi connectivity index (χ3n) is 4.96. The molecule has 2 aliphatic rings. The molecule has 1 aliphatic carbocycles. The van der Waals surface area contributed by atoms with Gasteiger partial charge in [-0.05, 0) is 45.7 Å². The summed E-state index contributed by atoms with van der Waals surface area (Å²) >= 11 is 0. The van der Waals surface area contributed by atoms with Gasteiger partial charge in [-0.25, -0.2) is 0 Å². The first-order chi connectivity index (χ1) is 10.2. The summed E-state index contributed by atoms with van der Waals surface area (Å²) in [5.41, 5.74) is 5.54. The van der Waals surface area contributed by atoms with E-state index in [0.29, 0.717) is 6.04 Å². The molecular formula is C16H32N4O. The molecule has 0 bridgehead atoms. The van der Waals surface area contributed by atoms with Crippen molar-refractivity contribution in [3.63, 3.8) is 0 Å². The third-order valence-corrected chi connectivity index (χ3v) is 4.96. The minimum absolute atomic E-state index is 0.0109. The molecule has 3 N–H and O–H groups in total. The molecule has 0 aromatic heterocycles. The van der Waals surface area contributed by atoms with Crippen molar-refractivity contribution in [2.24, 2.45) is 5.73 Å². The summed E-state index contributed by atoms with van der Waals surface area (Å²) < 4.78 is 0. The van der Waals surface area contributed by atoms with E-state index in [1.54, 1.807) is 0 Å². The fraction of sp³-hybridized carbons (Fsp3) is 0.938. The van der Waals surface area contributed by atoms with Crippen molar-refractivity contribution in [1.82, 2.24) is 15.1 Å². The molecule has 0 aromatic rings. The van der Waals surface area contributed by atoms with Gasteiger partial charge in [0.15, 0.2) is 0 Å². The zero-order valence-electron chi connectivity index (χ0n) is 13.5. The molecule has 122 valence electrons. The van der Waals surface area contributed by atoms with Gasteiger partial charge in [0.25, 0.3) is 0 Å². The number of hydrogen-bond donors (Lipinski definition) is 2. The largest absolute Gasteiger partial charge is 0.352 e. The molecule has 1 amide bonds. The predicted octanol–water partition coefficient (Wildman–Crippen LogP) is 0.790. The number of piperazine rings is 1. The van der Waals surface area contributed by atoms with Crippen LogP contribution in [0.15, 0.2) is 0 Å². The highest BCUT2D eigenvalue weighted by atomic mass is 16.2. The topological polar surface area (TPSA) is 61.6 Å². The maximum Gasteiger partial charge on any atom is 0.237 e. The molecule has 1 heterocycles. The molecule has 2 rings (SSSR count). The van der Waals surface area contributed by atoms with Crippen LogP contribution in [0.5, 0.6) is 0 Å². The lowest BCUT2D eigenvalue weighted by Gasteiger charge is -2.37. The Balaban J connectivity index is 1.67. The first-order valence-corrected chi connectivity index (χ1v) is 8.67. The number of hydrogen-bond acceptors (Lipinski definition) is 4. The first kappa shape index (κ1) is 16.7. The van der Waals surface area contributed by atoms with E-state index in [-0.39, 0.29) is 11.9 Å². The Morgan fingerprint density at radius 2 is 1.86 bits per heavy atom. The van der Waals surface area contributed by atoms with Crippen molar-refractivity contribution in [2.75, 3.05) is 39.3 Å². The number of nitrogens with zero attached hydrogens (tertiary/aromatic N) is 2. The number of carbonyl (C=O) groups is 1. The van der Waals surface area contributed by atoms with Crippen molar-refractivity contribution in [2.45, 2.75) is 57.5 Å². The first-order valence-electron chi connectivity index (χ1n) is 8.67. The quantitative estimate of drug-likeness (QED) is 0.682. The molecule has 0 spiro atoms. The zero-order chi connectivity index (χ0) is 15.1. The van der Waals surface area contributed by atoms with Gasteiger partial charge in [0.2, 0.25) is 5.91 Å². The molecule has 1 saturated carbocycles. The Morgan fingerprint density at radius 1 is 1.19 bits per heavy atom. The van der Waals surface area contributed by atoms with Gasteiger partial charge < -0.3 is 16.0 Å². The Hall–Kier alpha value is -0.650. The molecule has 1 atom stereocenters. The standard InChI is InChI=1S/C16H32N4O/c1-14(16(21)18-15-6-2-3-7-15)20-12-10-19(11-13-20)9-5-4-8-17/h14-15H,2-13,17H2,1H3,(H,18,21). The van der Waals surface area contributed by atoms with E-state index < -0.39 is 0 Å². The zero-order valence-corrected chi connectivity index (χ0v) is 13.5. The van der Waals surface area contributed by atoms with Crippen molar-refractivity contribution in [3.8, 4) is 0 Å². The summed E-state index contributed by atoms with van der Waals surface area (Å²) in [5, 5.41) is 3.22. The van der Waals surface area contributed by atoms with E-state index in [2.05, 4.69) is 15.1 Å². The van der Waals surface area contributed by atoms with Crippen LogP contribution in [-0.2, 0) is 4.79 Å². The van der Waals surface area contributed by atoms with Gasteiger partial charge in [0.05, 0.1) is 6.04 Å². The molecule has 5 heteroatoms. The number of nitrogens with one attached hydrogen (secondary N) is 1. The second-order valence-corrected chi connectivity index (χ2v) is 6.54. The average molecular weight is 296 g/mol. The number of unbranched alkanes of at least 4 members (excludes halogenated alkanes) is 1. The summed E-state index contributed by atoms with van der Waals surface area (Å²) in [6, 6.07) is 0.439. The highest BCUT2D eigenvalue weighted by Crippen LogP contribution is 2.18. The van der Waals surface area contributed by atoms with E-state index >= 15 is 0 Å². The van der Waals surface area contributed by atoms with Crippen molar-refractivity contribution >= 4 is 5.91 Å². The molecule has 5 nitrogen and oxygen atoms in total. The number of nitrogens with two attached hydrogens (primary N) is 1. The van der Waals surface area contributed by atoms with Crippen molar-refractivity contribution in [3.05, 3.63) is 0 Å². The molecule has 21 heavy (non-hydrogen) atoms. The van der Waals surface area contributed by atoms with Gasteiger partial charge in [0, 0.05) is 32.2 Å². The number of rotatable bonds is 7. The maximum absolute atomic E-state index is 12.3. The minimum Gasteiger partial charge on any atom is -0.352 e. The second-order valence-electron chi connectivity index (χ2n) is 6.54. The Kier molecular flexibility index (Phi) is 6.93. The summed E-state index contributed by atoms with van der Waals surface area (Å²) in [7, 11) is 0. The van der Waals surface area contributed by atoms with Crippen molar-refractivity contribution in [1.29, 1.82) is 0 Å². The molecule has 2 fully saturated rings. The summed E-state index contributed by atoms with van der Waals surface area (Å²) in [6.45, 7) is 8.14. The van der Waals surface area contributed by atoms with Gasteiger partial charge in [-0.15, -0.1) is 0 Å². The van der Waals surface area contributed by atoms with Crippen LogP contribution in [0.1, 0.15) is 45.4 Å².